The monoisotopic (exact) mass is 258 g/mol. The highest BCUT2D eigenvalue weighted by Gasteiger charge is 2.17. The van der Waals surface area contributed by atoms with Gasteiger partial charge in [0, 0.05) is 12.6 Å². The van der Waals surface area contributed by atoms with Gasteiger partial charge in [0.2, 0.25) is 12.7 Å². The largest absolute Gasteiger partial charge is 0.454 e. The van der Waals surface area contributed by atoms with Crippen LogP contribution in [0.15, 0.2) is 18.2 Å². The van der Waals surface area contributed by atoms with E-state index in [1.54, 1.807) is 7.05 Å². The molecule has 0 atom stereocenters. The predicted octanol–water partition coefficient (Wildman–Crippen LogP) is 1.80. The highest BCUT2D eigenvalue weighted by Crippen LogP contribution is 2.38. The molecule has 19 heavy (non-hydrogen) atoms. The summed E-state index contributed by atoms with van der Waals surface area (Å²) in [6.45, 7) is 2.16. The number of anilines is 2. The Kier molecular flexibility index (Phi) is 2.63. The van der Waals surface area contributed by atoms with Crippen LogP contribution in [0.3, 0.4) is 0 Å². The van der Waals surface area contributed by atoms with E-state index >= 15 is 0 Å². The van der Waals surface area contributed by atoms with E-state index in [4.69, 9.17) is 15.2 Å². The van der Waals surface area contributed by atoms with Gasteiger partial charge in [0.15, 0.2) is 11.5 Å². The second-order valence-electron chi connectivity index (χ2n) is 4.21. The van der Waals surface area contributed by atoms with Gasteiger partial charge in [-0.3, -0.25) is 0 Å². The average Bonchev–Trinajstić information content (AvgIpc) is 2.84. The summed E-state index contributed by atoms with van der Waals surface area (Å²) in [7, 11) is 1.80. The molecule has 2 aromatic rings. The highest BCUT2D eigenvalue weighted by atomic mass is 16.7. The minimum Gasteiger partial charge on any atom is -0.454 e. The van der Waals surface area contributed by atoms with Gasteiger partial charge < -0.3 is 20.5 Å². The Labute approximate surface area is 110 Å². The van der Waals surface area contributed by atoms with Crippen molar-refractivity contribution in [3.8, 4) is 22.6 Å². The van der Waals surface area contributed by atoms with Gasteiger partial charge >= 0.3 is 0 Å². The lowest BCUT2D eigenvalue weighted by Crippen LogP contribution is -2.04. The predicted molar refractivity (Wildman–Crippen MR) is 72.3 cm³/mol. The van der Waals surface area contributed by atoms with Crippen LogP contribution in [0.1, 0.15) is 5.69 Å². The van der Waals surface area contributed by atoms with E-state index in [1.165, 1.54) is 0 Å². The summed E-state index contributed by atoms with van der Waals surface area (Å²) in [5.74, 6) is 2.44. The summed E-state index contributed by atoms with van der Waals surface area (Å²) in [5, 5.41) is 3.04. The summed E-state index contributed by atoms with van der Waals surface area (Å²) in [6.07, 6.45) is 0. The molecule has 0 radical (unpaired) electrons. The Morgan fingerprint density at radius 3 is 2.79 bits per heavy atom. The highest BCUT2D eigenvalue weighted by molar-refractivity contribution is 5.79. The zero-order valence-corrected chi connectivity index (χ0v) is 10.7. The maximum Gasteiger partial charge on any atom is 0.231 e. The number of nitrogens with one attached hydrogen (secondary N) is 1. The summed E-state index contributed by atoms with van der Waals surface area (Å²) in [4.78, 5) is 8.41. The van der Waals surface area contributed by atoms with E-state index in [9.17, 15) is 0 Å². The maximum absolute atomic E-state index is 5.67. The minimum absolute atomic E-state index is 0.256. The zero-order valence-electron chi connectivity index (χ0n) is 10.7. The topological polar surface area (TPSA) is 82.3 Å². The number of nitrogens with zero attached hydrogens (tertiary/aromatic N) is 2. The Morgan fingerprint density at radius 1 is 1.21 bits per heavy atom. The summed E-state index contributed by atoms with van der Waals surface area (Å²) in [5.41, 5.74) is 8.36. The number of fused-ring (bicyclic) bond motifs is 1. The van der Waals surface area contributed by atoms with Gasteiger partial charge in [0.1, 0.15) is 5.82 Å². The summed E-state index contributed by atoms with van der Waals surface area (Å²) >= 11 is 0. The van der Waals surface area contributed by atoms with E-state index in [-0.39, 0.29) is 12.7 Å². The molecule has 0 unspecified atom stereocenters. The van der Waals surface area contributed by atoms with Crippen LogP contribution < -0.4 is 20.5 Å². The fraction of sp³-hybridized carbons (Fsp3) is 0.231. The van der Waals surface area contributed by atoms with Crippen molar-refractivity contribution in [2.75, 3.05) is 24.9 Å². The minimum atomic E-state index is 0.256. The third-order valence-corrected chi connectivity index (χ3v) is 3.01. The van der Waals surface area contributed by atoms with Gasteiger partial charge in [-0.05, 0) is 24.6 Å². The normalized spacial score (nSPS) is 12.5. The molecular weight excluding hydrogens is 244 g/mol. The number of ether oxygens (including phenoxy) is 2. The molecule has 98 valence electrons. The van der Waals surface area contributed by atoms with Crippen LogP contribution in [0.2, 0.25) is 0 Å². The number of nitrogen functional groups attached to an aromatic ring is 1. The van der Waals surface area contributed by atoms with Crippen LogP contribution in [-0.2, 0) is 0 Å². The van der Waals surface area contributed by atoms with E-state index in [0.717, 1.165) is 28.3 Å². The van der Waals surface area contributed by atoms with Gasteiger partial charge in [-0.1, -0.05) is 6.07 Å². The van der Waals surface area contributed by atoms with Crippen molar-refractivity contribution < 1.29 is 9.47 Å². The van der Waals surface area contributed by atoms with Gasteiger partial charge in [0.25, 0.3) is 0 Å². The molecule has 0 spiro atoms. The van der Waals surface area contributed by atoms with E-state index in [1.807, 2.05) is 25.1 Å². The molecule has 2 heterocycles. The Morgan fingerprint density at radius 2 is 2.00 bits per heavy atom. The number of benzene rings is 1. The van der Waals surface area contributed by atoms with Crippen molar-refractivity contribution in [3.05, 3.63) is 23.9 Å². The number of aryl methyl sites for hydroxylation is 1. The SMILES string of the molecule is CNc1nc(N)nc(C)c1-c1ccc2c(c1)OCO2. The molecule has 0 saturated carbocycles. The summed E-state index contributed by atoms with van der Waals surface area (Å²) in [6, 6.07) is 5.76. The molecule has 3 N–H and O–H groups in total. The number of aromatic nitrogens is 2. The van der Waals surface area contributed by atoms with Crippen LogP contribution in [0.25, 0.3) is 11.1 Å². The van der Waals surface area contributed by atoms with Gasteiger partial charge in [-0.25, -0.2) is 4.98 Å². The van der Waals surface area contributed by atoms with Gasteiger partial charge in [0.05, 0.1) is 5.69 Å². The Balaban J connectivity index is 2.16. The van der Waals surface area contributed by atoms with Crippen LogP contribution in [0.4, 0.5) is 11.8 Å². The van der Waals surface area contributed by atoms with Gasteiger partial charge in [-0.15, -0.1) is 0 Å². The Hall–Kier alpha value is -2.50. The smallest absolute Gasteiger partial charge is 0.231 e. The molecule has 0 aliphatic carbocycles. The summed E-state index contributed by atoms with van der Waals surface area (Å²) < 4.78 is 10.7. The zero-order chi connectivity index (χ0) is 13.4. The fourth-order valence-corrected chi connectivity index (χ4v) is 2.17. The molecule has 6 nitrogen and oxygen atoms in total. The van der Waals surface area contributed by atoms with Crippen LogP contribution in [-0.4, -0.2) is 23.8 Å². The molecule has 1 aliphatic heterocycles. The van der Waals surface area contributed by atoms with Crippen LogP contribution in [0.5, 0.6) is 11.5 Å². The number of nitrogens with two attached hydrogens (primary N) is 1. The van der Waals surface area contributed by atoms with Crippen molar-refractivity contribution >= 4 is 11.8 Å². The quantitative estimate of drug-likeness (QED) is 0.854. The van der Waals surface area contributed by atoms with Crippen molar-refractivity contribution in [2.45, 2.75) is 6.92 Å². The Bertz CT molecular complexity index is 643. The first-order valence-electron chi connectivity index (χ1n) is 5.91. The third kappa shape index (κ3) is 1.91. The molecule has 0 fully saturated rings. The molecule has 1 aliphatic rings. The second kappa shape index (κ2) is 4.31. The van der Waals surface area contributed by atoms with E-state index in [0.29, 0.717) is 5.82 Å². The molecular formula is C13H14N4O2. The van der Waals surface area contributed by atoms with E-state index in [2.05, 4.69) is 15.3 Å². The van der Waals surface area contributed by atoms with Crippen molar-refractivity contribution in [1.29, 1.82) is 0 Å². The molecule has 0 saturated heterocycles. The standard InChI is InChI=1S/C13H14N4O2/c1-7-11(12(15-2)17-13(14)16-7)8-3-4-9-10(5-8)19-6-18-9/h3-5H,6H2,1-2H3,(H3,14,15,16,17). The first kappa shape index (κ1) is 11.6. The molecule has 1 aromatic carbocycles. The first-order chi connectivity index (χ1) is 9.19. The van der Waals surface area contributed by atoms with Crippen LogP contribution >= 0.6 is 0 Å². The van der Waals surface area contributed by atoms with Crippen molar-refractivity contribution in [2.24, 2.45) is 0 Å². The maximum atomic E-state index is 5.67. The lowest BCUT2D eigenvalue weighted by molar-refractivity contribution is 0.174. The third-order valence-electron chi connectivity index (χ3n) is 3.01. The molecule has 1 aromatic heterocycles. The lowest BCUT2D eigenvalue weighted by Gasteiger charge is -2.12. The number of hydrogen-bond acceptors (Lipinski definition) is 6. The van der Waals surface area contributed by atoms with Crippen LogP contribution in [0, 0.1) is 6.92 Å². The molecule has 6 heteroatoms. The number of hydrogen-bond donors (Lipinski definition) is 2. The first-order valence-corrected chi connectivity index (χ1v) is 5.91. The fourth-order valence-electron chi connectivity index (χ4n) is 2.17. The number of rotatable bonds is 2. The molecule has 0 amide bonds. The average molecular weight is 258 g/mol. The molecule has 3 rings (SSSR count). The van der Waals surface area contributed by atoms with Gasteiger partial charge in [-0.2, -0.15) is 4.98 Å². The van der Waals surface area contributed by atoms with Crippen molar-refractivity contribution in [1.82, 2.24) is 9.97 Å². The second-order valence-corrected chi connectivity index (χ2v) is 4.21. The lowest BCUT2D eigenvalue weighted by atomic mass is 10.0. The van der Waals surface area contributed by atoms with Crippen molar-refractivity contribution in [3.63, 3.8) is 0 Å². The van der Waals surface area contributed by atoms with E-state index < -0.39 is 0 Å². The molecule has 0 bridgehead atoms.